The zero-order valence-electron chi connectivity index (χ0n) is 23.1. The van der Waals surface area contributed by atoms with Crippen LogP contribution < -0.4 is 20.3 Å². The first-order valence-electron chi connectivity index (χ1n) is 13.1. The molecule has 0 radical (unpaired) electrons. The first-order valence-corrected chi connectivity index (χ1v) is 13.9. The predicted molar refractivity (Wildman–Crippen MR) is 161 cm³/mol. The average Bonchev–Trinajstić information content (AvgIpc) is 3.39. The fourth-order valence-corrected chi connectivity index (χ4v) is 6.19. The summed E-state index contributed by atoms with van der Waals surface area (Å²) in [5, 5.41) is 4.19. The van der Waals surface area contributed by atoms with E-state index in [4.69, 9.17) is 14.2 Å². The van der Waals surface area contributed by atoms with Crippen LogP contribution in [0.15, 0.2) is 77.6 Å². The van der Waals surface area contributed by atoms with Gasteiger partial charge in [0, 0.05) is 30.2 Å². The van der Waals surface area contributed by atoms with Gasteiger partial charge in [-0.2, -0.15) is 0 Å². The van der Waals surface area contributed by atoms with E-state index in [2.05, 4.69) is 5.32 Å². The molecule has 1 N–H and O–H groups in total. The number of hydrogen-bond acceptors (Lipinski definition) is 7. The number of hydrogen-bond donors (Lipinski definition) is 1. The van der Waals surface area contributed by atoms with Gasteiger partial charge in [-0.3, -0.25) is 19.0 Å². The molecule has 0 fully saturated rings. The van der Waals surface area contributed by atoms with Crippen LogP contribution in [0, 0.1) is 0 Å². The van der Waals surface area contributed by atoms with Crippen molar-refractivity contribution < 1.29 is 23.8 Å². The molecule has 2 aromatic heterocycles. The van der Waals surface area contributed by atoms with Crippen molar-refractivity contribution in [1.29, 1.82) is 0 Å². The normalized spacial score (nSPS) is 11.1. The first kappa shape index (κ1) is 28.1. The first-order chi connectivity index (χ1) is 20.0. The number of rotatable bonds is 11. The van der Waals surface area contributed by atoms with Crippen LogP contribution in [0.3, 0.4) is 0 Å². The minimum atomic E-state index is -0.323. The van der Waals surface area contributed by atoms with Crippen molar-refractivity contribution in [1.82, 2.24) is 9.88 Å². The summed E-state index contributed by atoms with van der Waals surface area (Å²) < 4.78 is 18.3. The smallest absolute Gasteiger partial charge is 0.261 e. The predicted octanol–water partition coefficient (Wildman–Crippen LogP) is 5.24. The van der Waals surface area contributed by atoms with Crippen LogP contribution in [0.5, 0.6) is 11.5 Å². The van der Waals surface area contributed by atoms with Gasteiger partial charge < -0.3 is 19.5 Å². The van der Waals surface area contributed by atoms with Crippen molar-refractivity contribution >= 4 is 44.0 Å². The summed E-state index contributed by atoms with van der Waals surface area (Å²) in [5.74, 6) is 0.804. The van der Waals surface area contributed by atoms with E-state index < -0.39 is 0 Å². The molecule has 41 heavy (non-hydrogen) atoms. The van der Waals surface area contributed by atoms with Crippen molar-refractivity contribution in [2.75, 3.05) is 27.9 Å². The SMILES string of the molecule is COCc1c(C(=O)NCCc2ccc(OC)c(OC)c2)sc2c1c(=O)n(CC(=O)c1ccccc1)c1ccccc21. The molecule has 2 heterocycles. The number of para-hydroxylation sites is 1. The quantitative estimate of drug-likeness (QED) is 0.218. The molecule has 5 aromatic rings. The van der Waals surface area contributed by atoms with Gasteiger partial charge in [-0.05, 0) is 30.2 Å². The molecule has 210 valence electrons. The summed E-state index contributed by atoms with van der Waals surface area (Å²) in [5.41, 5.74) is 2.34. The van der Waals surface area contributed by atoms with Gasteiger partial charge in [0.2, 0.25) is 0 Å². The number of fused-ring (bicyclic) bond motifs is 3. The second kappa shape index (κ2) is 12.4. The highest BCUT2D eigenvalue weighted by atomic mass is 32.1. The standard InChI is InChI=1S/C32H30N2O6S/c1-38-19-23-28-29(41-30(23)31(36)33-16-15-20-13-14-26(39-2)27(17-20)40-3)22-11-7-8-12-24(22)34(32(28)37)18-25(35)21-9-5-4-6-10-21/h4-14,17H,15-16,18-19H2,1-3H3,(H,33,36). The Morgan fingerprint density at radius 3 is 2.37 bits per heavy atom. The third-order valence-electron chi connectivity index (χ3n) is 6.95. The maximum atomic E-state index is 14.0. The van der Waals surface area contributed by atoms with Gasteiger partial charge >= 0.3 is 0 Å². The van der Waals surface area contributed by atoms with E-state index in [1.807, 2.05) is 48.5 Å². The Balaban J connectivity index is 1.50. The number of nitrogens with zero attached hydrogens (tertiary/aromatic N) is 1. The van der Waals surface area contributed by atoms with Gasteiger partial charge in [0.25, 0.3) is 11.5 Å². The van der Waals surface area contributed by atoms with Crippen molar-refractivity contribution in [3.8, 4) is 11.5 Å². The van der Waals surface area contributed by atoms with Crippen molar-refractivity contribution in [2.45, 2.75) is 19.6 Å². The second-order valence-corrected chi connectivity index (χ2v) is 10.5. The molecule has 1 amide bonds. The van der Waals surface area contributed by atoms with E-state index in [0.29, 0.717) is 56.1 Å². The van der Waals surface area contributed by atoms with Crippen LogP contribution in [-0.2, 0) is 24.3 Å². The summed E-state index contributed by atoms with van der Waals surface area (Å²) >= 11 is 1.27. The molecule has 3 aromatic carbocycles. The highest BCUT2D eigenvalue weighted by molar-refractivity contribution is 7.22. The molecule has 0 aliphatic heterocycles. The van der Waals surface area contributed by atoms with E-state index in [1.165, 1.54) is 23.0 Å². The molecule has 0 bridgehead atoms. The molecule has 0 aliphatic carbocycles. The maximum Gasteiger partial charge on any atom is 0.261 e. The number of carbonyl (C=O) groups is 2. The summed E-state index contributed by atoms with van der Waals surface area (Å²) in [6, 6.07) is 22.0. The van der Waals surface area contributed by atoms with Crippen LogP contribution in [0.4, 0.5) is 0 Å². The molecular formula is C32H30N2O6S. The third-order valence-corrected chi connectivity index (χ3v) is 8.21. The summed E-state index contributed by atoms with van der Waals surface area (Å²) in [7, 11) is 4.69. The molecule has 0 unspecified atom stereocenters. The fraction of sp³-hybridized carbons (Fsp3) is 0.219. The zero-order valence-corrected chi connectivity index (χ0v) is 23.9. The van der Waals surface area contributed by atoms with E-state index in [-0.39, 0.29) is 30.4 Å². The molecule has 0 aliphatic rings. The van der Waals surface area contributed by atoms with E-state index >= 15 is 0 Å². The lowest BCUT2D eigenvalue weighted by Crippen LogP contribution is -2.27. The van der Waals surface area contributed by atoms with Crippen molar-refractivity contribution in [2.24, 2.45) is 0 Å². The van der Waals surface area contributed by atoms with Crippen LogP contribution in [0.1, 0.15) is 31.2 Å². The molecular weight excluding hydrogens is 540 g/mol. The topological polar surface area (TPSA) is 95.9 Å². The lowest BCUT2D eigenvalue weighted by Gasteiger charge is -2.12. The van der Waals surface area contributed by atoms with Crippen molar-refractivity contribution in [3.63, 3.8) is 0 Å². The number of ketones is 1. The Bertz CT molecular complexity index is 1790. The third kappa shape index (κ3) is 5.59. The minimum absolute atomic E-state index is 0.0820. The minimum Gasteiger partial charge on any atom is -0.493 e. The highest BCUT2D eigenvalue weighted by Gasteiger charge is 2.24. The van der Waals surface area contributed by atoms with Crippen LogP contribution in [-0.4, -0.2) is 44.1 Å². The summed E-state index contributed by atoms with van der Waals surface area (Å²) in [6.07, 6.45) is 0.577. The number of benzene rings is 3. The number of Topliss-reactive ketones (excluding diaryl/α,β-unsaturated/α-hetero) is 1. The fourth-order valence-electron chi connectivity index (χ4n) is 4.94. The lowest BCUT2D eigenvalue weighted by atomic mass is 10.1. The van der Waals surface area contributed by atoms with Gasteiger partial charge in [0.1, 0.15) is 0 Å². The largest absolute Gasteiger partial charge is 0.493 e. The number of ether oxygens (including phenoxy) is 3. The molecule has 0 atom stereocenters. The number of thiophene rings is 1. The van der Waals surface area contributed by atoms with Gasteiger partial charge in [0.05, 0.1) is 47.9 Å². The number of amides is 1. The van der Waals surface area contributed by atoms with Gasteiger partial charge in [-0.25, -0.2) is 0 Å². The Hall–Kier alpha value is -4.47. The van der Waals surface area contributed by atoms with Gasteiger partial charge in [0.15, 0.2) is 17.3 Å². The van der Waals surface area contributed by atoms with Crippen molar-refractivity contribution in [3.05, 3.63) is 105 Å². The Morgan fingerprint density at radius 2 is 1.63 bits per heavy atom. The number of pyridine rings is 1. The molecule has 8 nitrogen and oxygen atoms in total. The van der Waals surface area contributed by atoms with E-state index in [0.717, 1.165) is 10.9 Å². The summed E-state index contributed by atoms with van der Waals surface area (Å²) in [4.78, 5) is 41.0. The Morgan fingerprint density at radius 1 is 0.902 bits per heavy atom. The van der Waals surface area contributed by atoms with Crippen LogP contribution >= 0.6 is 11.3 Å². The molecule has 5 rings (SSSR count). The monoisotopic (exact) mass is 570 g/mol. The number of aromatic nitrogens is 1. The number of nitrogens with one attached hydrogen (secondary N) is 1. The average molecular weight is 571 g/mol. The lowest BCUT2D eigenvalue weighted by molar-refractivity contribution is 0.0950. The van der Waals surface area contributed by atoms with Gasteiger partial charge in [-0.15, -0.1) is 11.3 Å². The zero-order chi connectivity index (χ0) is 28.9. The van der Waals surface area contributed by atoms with E-state index in [9.17, 15) is 14.4 Å². The summed E-state index contributed by atoms with van der Waals surface area (Å²) in [6.45, 7) is 0.346. The second-order valence-electron chi connectivity index (χ2n) is 9.44. The molecule has 0 spiro atoms. The number of carbonyl (C=O) groups excluding carboxylic acids is 2. The Labute approximate surface area is 241 Å². The molecule has 9 heteroatoms. The van der Waals surface area contributed by atoms with Crippen LogP contribution in [0.25, 0.3) is 21.0 Å². The molecule has 0 saturated heterocycles. The maximum absolute atomic E-state index is 14.0. The van der Waals surface area contributed by atoms with Gasteiger partial charge in [-0.1, -0.05) is 54.6 Å². The van der Waals surface area contributed by atoms with E-state index in [1.54, 1.807) is 38.5 Å². The number of methoxy groups -OCH3 is 3. The Kier molecular flexibility index (Phi) is 8.47. The molecule has 0 saturated carbocycles. The highest BCUT2D eigenvalue weighted by Crippen LogP contribution is 2.35. The van der Waals surface area contributed by atoms with Crippen LogP contribution in [0.2, 0.25) is 0 Å².